The minimum Gasteiger partial charge on any atom is -0.478 e. The van der Waals surface area contributed by atoms with E-state index in [1.165, 1.54) is 0 Å². The highest BCUT2D eigenvalue weighted by molar-refractivity contribution is 5.87. The highest BCUT2D eigenvalue weighted by Crippen LogP contribution is 2.24. The number of aromatic carboxylic acids is 1. The van der Waals surface area contributed by atoms with Gasteiger partial charge in [-0.1, -0.05) is 24.3 Å². The van der Waals surface area contributed by atoms with Crippen LogP contribution >= 0.6 is 0 Å². The number of hydrogen-bond donors (Lipinski definition) is 1. The molecule has 2 aliphatic rings. The smallest absolute Gasteiger partial charge is 0.410 e. The van der Waals surface area contributed by atoms with E-state index in [0.717, 1.165) is 22.4 Å². The summed E-state index contributed by atoms with van der Waals surface area (Å²) in [7, 11) is 0. The first-order valence-corrected chi connectivity index (χ1v) is 10.2. The Hall–Kier alpha value is -4.12. The highest BCUT2D eigenvalue weighted by atomic mass is 16.6. The van der Waals surface area contributed by atoms with Crippen LogP contribution in [-0.4, -0.2) is 52.9 Å². The van der Waals surface area contributed by atoms with E-state index in [0.29, 0.717) is 38.2 Å². The number of carboxylic acid groups (broad SMARTS) is 1. The molecule has 0 saturated heterocycles. The molecule has 162 valence electrons. The van der Waals surface area contributed by atoms with Crippen LogP contribution in [0, 0.1) is 11.3 Å². The topological polar surface area (TPSA) is 106 Å². The summed E-state index contributed by atoms with van der Waals surface area (Å²) in [5, 5.41) is 17.9. The molecule has 32 heavy (non-hydrogen) atoms. The van der Waals surface area contributed by atoms with Gasteiger partial charge in [0.15, 0.2) is 0 Å². The maximum absolute atomic E-state index is 12.6. The summed E-state index contributed by atoms with van der Waals surface area (Å²) in [6.07, 6.45) is 2.12. The molecule has 0 aliphatic carbocycles. The van der Waals surface area contributed by atoms with Gasteiger partial charge in [0.05, 0.1) is 23.5 Å². The van der Waals surface area contributed by atoms with Crippen molar-refractivity contribution in [3.8, 4) is 6.07 Å². The molecule has 0 atom stereocenters. The molecule has 0 aromatic heterocycles. The molecule has 0 fully saturated rings. The minimum absolute atomic E-state index is 0.156. The van der Waals surface area contributed by atoms with Crippen molar-refractivity contribution in [1.82, 2.24) is 9.80 Å². The molecule has 2 heterocycles. The third-order valence-electron chi connectivity index (χ3n) is 5.47. The van der Waals surface area contributed by atoms with Gasteiger partial charge in [0.1, 0.15) is 6.61 Å². The van der Waals surface area contributed by atoms with Gasteiger partial charge in [-0.15, -0.1) is 0 Å². The zero-order valence-electron chi connectivity index (χ0n) is 17.4. The second-order valence-electron chi connectivity index (χ2n) is 7.74. The quantitative estimate of drug-likeness (QED) is 0.779. The predicted octanol–water partition coefficient (Wildman–Crippen LogP) is 3.40. The summed E-state index contributed by atoms with van der Waals surface area (Å²) < 4.78 is 5.46. The van der Waals surface area contributed by atoms with E-state index in [1.54, 1.807) is 53.4 Å². The summed E-state index contributed by atoms with van der Waals surface area (Å²) in [5.74, 6) is -0.945. The van der Waals surface area contributed by atoms with Gasteiger partial charge in [-0.25, -0.2) is 14.6 Å². The average molecular weight is 430 g/mol. The Kier molecular flexibility index (Phi) is 6.17. The molecule has 0 radical (unpaired) electrons. The zero-order valence-corrected chi connectivity index (χ0v) is 17.4. The largest absolute Gasteiger partial charge is 0.478 e. The first-order chi connectivity index (χ1) is 15.5. The van der Waals surface area contributed by atoms with Gasteiger partial charge in [0.2, 0.25) is 0 Å². The highest BCUT2D eigenvalue weighted by Gasteiger charge is 2.26. The SMILES string of the molecule is N#Cc1ccc(COC(=O)N2CCC3=C(CN(Cc4ccc(C(=O)O)cc4)C=N3)C2)cc1. The number of rotatable bonds is 5. The van der Waals surface area contributed by atoms with E-state index in [9.17, 15) is 9.59 Å². The van der Waals surface area contributed by atoms with Crippen LogP contribution in [0.5, 0.6) is 0 Å². The van der Waals surface area contributed by atoms with Crippen LogP contribution in [0.2, 0.25) is 0 Å². The number of benzene rings is 2. The normalized spacial score (nSPS) is 15.2. The van der Waals surface area contributed by atoms with Crippen LogP contribution in [-0.2, 0) is 17.9 Å². The van der Waals surface area contributed by atoms with Gasteiger partial charge in [0, 0.05) is 38.3 Å². The maximum Gasteiger partial charge on any atom is 0.410 e. The lowest BCUT2D eigenvalue weighted by molar-refractivity contribution is 0.0696. The standard InChI is InChI=1S/C24H22N4O4/c25-11-17-1-3-19(4-2-17)15-32-24(31)28-10-9-22-21(14-28)13-27(16-26-22)12-18-5-7-20(8-6-18)23(29)30/h1-8,16H,9-10,12-15H2,(H,29,30). The van der Waals surface area contributed by atoms with Crippen LogP contribution in [0.25, 0.3) is 0 Å². The minimum atomic E-state index is -0.945. The Bertz CT molecular complexity index is 1110. The molecule has 0 saturated carbocycles. The first-order valence-electron chi connectivity index (χ1n) is 10.2. The Labute approximate surface area is 185 Å². The maximum atomic E-state index is 12.6. The van der Waals surface area contributed by atoms with Crippen LogP contribution in [0.15, 0.2) is 64.8 Å². The van der Waals surface area contributed by atoms with Crippen LogP contribution in [0.1, 0.15) is 33.5 Å². The fraction of sp³-hybridized carbons (Fsp3) is 0.250. The van der Waals surface area contributed by atoms with Crippen molar-refractivity contribution in [3.05, 3.63) is 82.1 Å². The third-order valence-corrected chi connectivity index (χ3v) is 5.47. The van der Waals surface area contributed by atoms with Gasteiger partial charge in [-0.2, -0.15) is 5.26 Å². The molecule has 2 aliphatic heterocycles. The summed E-state index contributed by atoms with van der Waals surface area (Å²) in [6, 6.07) is 15.8. The molecule has 1 amide bonds. The van der Waals surface area contributed by atoms with Crippen LogP contribution in [0.4, 0.5) is 4.79 Å². The lowest BCUT2D eigenvalue weighted by Crippen LogP contribution is -2.41. The molecule has 0 spiro atoms. The Balaban J connectivity index is 1.31. The lowest BCUT2D eigenvalue weighted by Gasteiger charge is -2.34. The number of carbonyl (C=O) groups excluding carboxylic acids is 1. The van der Waals surface area contributed by atoms with Crippen molar-refractivity contribution in [2.45, 2.75) is 19.6 Å². The number of carbonyl (C=O) groups is 2. The molecule has 8 heteroatoms. The van der Waals surface area contributed by atoms with E-state index < -0.39 is 5.97 Å². The van der Waals surface area contributed by atoms with Gasteiger partial charge < -0.3 is 19.6 Å². The number of nitrogens with zero attached hydrogens (tertiary/aromatic N) is 4. The molecule has 4 rings (SSSR count). The van der Waals surface area contributed by atoms with Gasteiger partial charge in [-0.05, 0) is 41.0 Å². The molecule has 0 bridgehead atoms. The average Bonchev–Trinajstić information content (AvgIpc) is 2.82. The fourth-order valence-electron chi connectivity index (χ4n) is 3.70. The Morgan fingerprint density at radius 3 is 2.47 bits per heavy atom. The summed E-state index contributed by atoms with van der Waals surface area (Å²) >= 11 is 0. The predicted molar refractivity (Wildman–Crippen MR) is 117 cm³/mol. The van der Waals surface area contributed by atoms with E-state index >= 15 is 0 Å². The van der Waals surface area contributed by atoms with Crippen LogP contribution in [0.3, 0.4) is 0 Å². The second-order valence-corrected chi connectivity index (χ2v) is 7.74. The van der Waals surface area contributed by atoms with E-state index in [4.69, 9.17) is 15.1 Å². The van der Waals surface area contributed by atoms with Gasteiger partial charge in [-0.3, -0.25) is 0 Å². The van der Waals surface area contributed by atoms with Crippen molar-refractivity contribution in [3.63, 3.8) is 0 Å². The number of carboxylic acids is 1. The molecule has 2 aromatic carbocycles. The molecular formula is C24H22N4O4. The number of ether oxygens (including phenoxy) is 1. The van der Waals surface area contributed by atoms with Crippen LogP contribution < -0.4 is 0 Å². The second kappa shape index (κ2) is 9.35. The summed E-state index contributed by atoms with van der Waals surface area (Å²) in [5.41, 5.74) is 4.73. The van der Waals surface area contributed by atoms with Gasteiger partial charge >= 0.3 is 12.1 Å². The molecular weight excluding hydrogens is 408 g/mol. The molecule has 1 N–H and O–H groups in total. The monoisotopic (exact) mass is 430 g/mol. The van der Waals surface area contributed by atoms with Crippen molar-refractivity contribution in [2.24, 2.45) is 4.99 Å². The van der Waals surface area contributed by atoms with Crippen molar-refractivity contribution in [2.75, 3.05) is 19.6 Å². The van der Waals surface area contributed by atoms with E-state index in [2.05, 4.69) is 11.1 Å². The van der Waals surface area contributed by atoms with E-state index in [1.807, 2.05) is 11.2 Å². The third kappa shape index (κ3) is 4.95. The zero-order chi connectivity index (χ0) is 22.5. The summed E-state index contributed by atoms with van der Waals surface area (Å²) in [6.45, 7) is 2.43. The fourth-order valence-corrected chi connectivity index (χ4v) is 3.70. The number of nitriles is 1. The molecule has 8 nitrogen and oxygen atoms in total. The van der Waals surface area contributed by atoms with Crippen molar-refractivity contribution < 1.29 is 19.4 Å². The van der Waals surface area contributed by atoms with Crippen molar-refractivity contribution in [1.29, 1.82) is 5.26 Å². The Morgan fingerprint density at radius 2 is 1.78 bits per heavy atom. The number of aliphatic imine (C=N–C) groups is 1. The number of hydrogen-bond acceptors (Lipinski definition) is 6. The molecule has 0 unspecified atom stereocenters. The lowest BCUT2D eigenvalue weighted by atomic mass is 10.0. The summed E-state index contributed by atoms with van der Waals surface area (Å²) in [4.78, 5) is 31.8. The first kappa shape index (κ1) is 21.1. The molecule has 2 aromatic rings. The van der Waals surface area contributed by atoms with E-state index in [-0.39, 0.29) is 18.3 Å². The Morgan fingerprint density at radius 1 is 1.06 bits per heavy atom. The van der Waals surface area contributed by atoms with Crippen molar-refractivity contribution >= 4 is 18.4 Å². The number of amides is 1. The van der Waals surface area contributed by atoms with Gasteiger partial charge in [0.25, 0.3) is 0 Å².